The number of sulfonamides is 1. The highest BCUT2D eigenvalue weighted by Crippen LogP contribution is 2.27. The van der Waals surface area contributed by atoms with E-state index in [-0.39, 0.29) is 37.7 Å². The third kappa shape index (κ3) is 9.51. The zero-order valence-corrected chi connectivity index (χ0v) is 24.3. The number of nitrogens with zero attached hydrogens (tertiary/aromatic N) is 2. The monoisotopic (exact) mass is 569 g/mol. The van der Waals surface area contributed by atoms with Gasteiger partial charge in [0.15, 0.2) is 0 Å². The maximum atomic E-state index is 13.5. The molecule has 0 aliphatic heterocycles. The van der Waals surface area contributed by atoms with E-state index in [1.165, 1.54) is 4.31 Å². The Kier molecular flexibility index (Phi) is 12.2. The maximum Gasteiger partial charge on any atom is 0.242 e. The Morgan fingerprint density at radius 2 is 1.65 bits per heavy atom. The van der Waals surface area contributed by atoms with Gasteiger partial charge in [0.05, 0.1) is 11.9 Å². The van der Waals surface area contributed by atoms with E-state index < -0.39 is 16.1 Å². The van der Waals surface area contributed by atoms with E-state index in [1.54, 1.807) is 35.2 Å². The van der Waals surface area contributed by atoms with Gasteiger partial charge in [-0.2, -0.15) is 0 Å². The zero-order valence-electron chi connectivity index (χ0n) is 22.0. The van der Waals surface area contributed by atoms with Crippen molar-refractivity contribution in [2.75, 3.05) is 23.7 Å². The lowest BCUT2D eigenvalue weighted by Crippen LogP contribution is -2.49. The summed E-state index contributed by atoms with van der Waals surface area (Å²) in [5, 5.41) is 3.95. The van der Waals surface area contributed by atoms with Gasteiger partial charge in [0.25, 0.3) is 0 Å². The number of halogens is 2. The number of amides is 2. The Hall–Kier alpha value is -2.29. The van der Waals surface area contributed by atoms with Crippen LogP contribution < -0.4 is 9.62 Å². The molecule has 37 heavy (non-hydrogen) atoms. The molecule has 0 radical (unpaired) electrons. The molecule has 0 aromatic heterocycles. The molecule has 1 unspecified atom stereocenters. The van der Waals surface area contributed by atoms with Crippen molar-refractivity contribution in [3.63, 3.8) is 0 Å². The number of carbonyl (C=O) groups excluding carboxylic acids is 2. The Labute approximate surface area is 231 Å². The van der Waals surface area contributed by atoms with Gasteiger partial charge in [0.2, 0.25) is 21.8 Å². The summed E-state index contributed by atoms with van der Waals surface area (Å²) in [4.78, 5) is 28.0. The molecule has 0 aliphatic rings. The molecule has 0 fully saturated rings. The van der Waals surface area contributed by atoms with Gasteiger partial charge in [-0.1, -0.05) is 61.7 Å². The number of nitrogens with one attached hydrogen (secondary N) is 1. The second-order valence-corrected chi connectivity index (χ2v) is 11.9. The highest BCUT2D eigenvalue weighted by Gasteiger charge is 2.29. The van der Waals surface area contributed by atoms with Crippen LogP contribution in [0.1, 0.15) is 57.1 Å². The van der Waals surface area contributed by atoms with Gasteiger partial charge in [-0.05, 0) is 61.6 Å². The summed E-state index contributed by atoms with van der Waals surface area (Å²) in [6.45, 7) is 6.64. The van der Waals surface area contributed by atoms with Crippen LogP contribution in [-0.4, -0.2) is 50.5 Å². The van der Waals surface area contributed by atoms with E-state index in [2.05, 4.69) is 5.32 Å². The SMILES string of the molecule is CCCCNC(=O)C(CC)N(Cc1ccc(Cl)cc1)C(=O)CCCN(c1cc(Cl)ccc1C)S(C)(=O)=O. The molecule has 1 atom stereocenters. The van der Waals surface area contributed by atoms with Gasteiger partial charge < -0.3 is 10.2 Å². The van der Waals surface area contributed by atoms with Crippen molar-refractivity contribution in [1.29, 1.82) is 0 Å². The van der Waals surface area contributed by atoms with Crippen molar-refractivity contribution < 1.29 is 18.0 Å². The molecular weight excluding hydrogens is 533 g/mol. The Balaban J connectivity index is 2.22. The Morgan fingerprint density at radius 1 is 1.00 bits per heavy atom. The third-order valence-electron chi connectivity index (χ3n) is 6.07. The van der Waals surface area contributed by atoms with E-state index in [4.69, 9.17) is 23.2 Å². The zero-order chi connectivity index (χ0) is 27.6. The summed E-state index contributed by atoms with van der Waals surface area (Å²) in [6, 6.07) is 11.6. The second kappa shape index (κ2) is 14.6. The quantitative estimate of drug-likeness (QED) is 0.301. The molecule has 2 rings (SSSR count). The normalized spacial score (nSPS) is 12.2. The molecule has 0 saturated heterocycles. The lowest BCUT2D eigenvalue weighted by atomic mass is 10.1. The van der Waals surface area contributed by atoms with E-state index in [1.807, 2.05) is 32.9 Å². The largest absolute Gasteiger partial charge is 0.354 e. The van der Waals surface area contributed by atoms with Crippen molar-refractivity contribution in [2.45, 2.75) is 65.5 Å². The first-order valence-corrected chi connectivity index (χ1v) is 15.1. The molecule has 2 aromatic rings. The van der Waals surface area contributed by atoms with Crippen molar-refractivity contribution in [3.05, 3.63) is 63.6 Å². The molecule has 1 N–H and O–H groups in total. The van der Waals surface area contributed by atoms with Crippen LogP contribution in [0, 0.1) is 6.92 Å². The summed E-state index contributed by atoms with van der Waals surface area (Å²) < 4.78 is 26.4. The van der Waals surface area contributed by atoms with Gasteiger partial charge in [-0.3, -0.25) is 13.9 Å². The Bertz CT molecular complexity index is 1160. The Morgan fingerprint density at radius 3 is 2.24 bits per heavy atom. The first kappa shape index (κ1) is 30.9. The molecule has 0 spiro atoms. The average Bonchev–Trinajstić information content (AvgIpc) is 2.84. The molecule has 0 saturated carbocycles. The van der Waals surface area contributed by atoms with Gasteiger partial charge in [-0.15, -0.1) is 0 Å². The highest BCUT2D eigenvalue weighted by molar-refractivity contribution is 7.92. The number of anilines is 1. The minimum Gasteiger partial charge on any atom is -0.354 e. The fraction of sp³-hybridized carbons (Fsp3) is 0.481. The number of rotatable bonds is 14. The van der Waals surface area contributed by atoms with E-state index in [0.717, 1.165) is 30.2 Å². The fourth-order valence-electron chi connectivity index (χ4n) is 4.05. The first-order chi connectivity index (χ1) is 17.5. The number of hydrogen-bond acceptors (Lipinski definition) is 4. The van der Waals surface area contributed by atoms with Crippen LogP contribution in [0.3, 0.4) is 0 Å². The van der Waals surface area contributed by atoms with Crippen molar-refractivity contribution >= 4 is 50.7 Å². The first-order valence-electron chi connectivity index (χ1n) is 12.5. The highest BCUT2D eigenvalue weighted by atomic mass is 35.5. The number of hydrogen-bond donors (Lipinski definition) is 1. The average molecular weight is 571 g/mol. The summed E-state index contributed by atoms with van der Waals surface area (Å²) in [5.74, 6) is -0.408. The smallest absolute Gasteiger partial charge is 0.242 e. The summed E-state index contributed by atoms with van der Waals surface area (Å²) in [6.07, 6.45) is 3.76. The van der Waals surface area contributed by atoms with Gasteiger partial charge in [-0.25, -0.2) is 8.42 Å². The predicted molar refractivity (Wildman–Crippen MR) is 152 cm³/mol. The van der Waals surface area contributed by atoms with Crippen molar-refractivity contribution in [2.24, 2.45) is 0 Å². The molecular formula is C27H37Cl2N3O4S. The lowest BCUT2D eigenvalue weighted by Gasteiger charge is -2.31. The number of benzene rings is 2. The summed E-state index contributed by atoms with van der Waals surface area (Å²) in [5.41, 5.74) is 2.10. The van der Waals surface area contributed by atoms with Crippen LogP contribution >= 0.6 is 23.2 Å². The minimum atomic E-state index is -3.60. The topological polar surface area (TPSA) is 86.8 Å². The molecule has 2 amide bonds. The van der Waals surface area contributed by atoms with Crippen LogP contribution in [0.25, 0.3) is 0 Å². The summed E-state index contributed by atoms with van der Waals surface area (Å²) >= 11 is 12.1. The standard InChI is InChI=1S/C27H37Cl2N3O4S/c1-5-7-16-30-27(34)24(6-2)31(19-21-11-14-22(28)15-12-21)26(33)9-8-17-32(37(4,35)36)25-18-23(29)13-10-20(25)3/h10-15,18,24H,5-9,16-17,19H2,1-4H3,(H,30,34). The molecule has 7 nitrogen and oxygen atoms in total. The van der Waals surface area contributed by atoms with E-state index >= 15 is 0 Å². The maximum absolute atomic E-state index is 13.5. The molecule has 2 aromatic carbocycles. The van der Waals surface area contributed by atoms with Crippen LogP contribution in [0.5, 0.6) is 0 Å². The number of carbonyl (C=O) groups is 2. The summed E-state index contributed by atoms with van der Waals surface area (Å²) in [7, 11) is -3.60. The van der Waals surface area contributed by atoms with Crippen molar-refractivity contribution in [3.8, 4) is 0 Å². The molecule has 204 valence electrons. The van der Waals surface area contributed by atoms with Crippen molar-refractivity contribution in [1.82, 2.24) is 10.2 Å². The molecule has 10 heteroatoms. The minimum absolute atomic E-state index is 0.0813. The van der Waals surface area contributed by atoms with E-state index in [9.17, 15) is 18.0 Å². The number of unbranched alkanes of at least 4 members (excludes halogenated alkanes) is 1. The van der Waals surface area contributed by atoms with E-state index in [0.29, 0.717) is 28.7 Å². The van der Waals surface area contributed by atoms with Crippen LogP contribution in [0.4, 0.5) is 5.69 Å². The van der Waals surface area contributed by atoms with Crippen LogP contribution in [0.2, 0.25) is 10.0 Å². The molecule has 0 heterocycles. The van der Waals surface area contributed by atoms with Gasteiger partial charge in [0.1, 0.15) is 6.04 Å². The van der Waals surface area contributed by atoms with Gasteiger partial charge >= 0.3 is 0 Å². The fourth-order valence-corrected chi connectivity index (χ4v) is 5.35. The predicted octanol–water partition coefficient (Wildman–Crippen LogP) is 5.57. The lowest BCUT2D eigenvalue weighted by molar-refractivity contribution is -0.141. The van der Waals surface area contributed by atoms with Crippen LogP contribution in [0.15, 0.2) is 42.5 Å². The van der Waals surface area contributed by atoms with Crippen LogP contribution in [-0.2, 0) is 26.2 Å². The van der Waals surface area contributed by atoms with Gasteiger partial charge in [0, 0.05) is 36.1 Å². The molecule has 0 aliphatic carbocycles. The third-order valence-corrected chi connectivity index (χ3v) is 7.74. The molecule has 0 bridgehead atoms. The second-order valence-electron chi connectivity index (χ2n) is 9.09. The number of aryl methyl sites for hydroxylation is 1.